The molecule has 1 fully saturated rings. The molecule has 2 heteroatoms. The molecule has 1 aliphatic rings. The third-order valence-corrected chi connectivity index (χ3v) is 3.49. The van der Waals surface area contributed by atoms with Gasteiger partial charge in [0.25, 0.3) is 0 Å². The summed E-state index contributed by atoms with van der Waals surface area (Å²) < 4.78 is 5.27. The molecule has 96 valence electrons. The Hall–Kier alpha value is -2.09. The third-order valence-electron chi connectivity index (χ3n) is 3.49. The van der Waals surface area contributed by atoms with Crippen LogP contribution in [0, 0.1) is 0 Å². The van der Waals surface area contributed by atoms with E-state index in [0.29, 0.717) is 6.42 Å². The lowest BCUT2D eigenvalue weighted by molar-refractivity contribution is -0.141. The molecule has 1 unspecified atom stereocenters. The van der Waals surface area contributed by atoms with Crippen LogP contribution in [0.1, 0.15) is 35.6 Å². The van der Waals surface area contributed by atoms with Crippen LogP contribution < -0.4 is 0 Å². The van der Waals surface area contributed by atoms with Crippen LogP contribution in [0.2, 0.25) is 0 Å². The fourth-order valence-corrected chi connectivity index (χ4v) is 2.44. The van der Waals surface area contributed by atoms with Crippen molar-refractivity contribution in [2.75, 3.05) is 0 Å². The van der Waals surface area contributed by atoms with Crippen molar-refractivity contribution in [3.05, 3.63) is 71.3 Å². The van der Waals surface area contributed by atoms with Crippen LogP contribution in [0.15, 0.2) is 54.6 Å². The summed E-state index contributed by atoms with van der Waals surface area (Å²) in [5.41, 5.74) is 3.68. The molecule has 0 radical (unpaired) electrons. The molecule has 19 heavy (non-hydrogen) atoms. The molecular weight excluding hydrogens is 236 g/mol. The Balaban J connectivity index is 1.71. The summed E-state index contributed by atoms with van der Waals surface area (Å²) in [4.78, 5) is 11.1. The average Bonchev–Trinajstić information content (AvgIpc) is 2.87. The fourth-order valence-electron chi connectivity index (χ4n) is 2.44. The van der Waals surface area contributed by atoms with Gasteiger partial charge in [0.1, 0.15) is 6.10 Å². The van der Waals surface area contributed by atoms with E-state index in [-0.39, 0.29) is 12.1 Å². The Morgan fingerprint density at radius 3 is 2.26 bits per heavy atom. The summed E-state index contributed by atoms with van der Waals surface area (Å²) in [7, 11) is 0. The van der Waals surface area contributed by atoms with E-state index in [4.69, 9.17) is 4.74 Å². The third kappa shape index (κ3) is 2.84. The van der Waals surface area contributed by atoms with E-state index in [0.717, 1.165) is 18.4 Å². The van der Waals surface area contributed by atoms with Gasteiger partial charge in [-0.3, -0.25) is 4.79 Å². The molecule has 0 N–H and O–H groups in total. The molecule has 1 heterocycles. The maximum atomic E-state index is 11.1. The number of rotatable bonds is 3. The highest BCUT2D eigenvalue weighted by Gasteiger charge is 2.24. The first-order chi connectivity index (χ1) is 9.31. The van der Waals surface area contributed by atoms with Gasteiger partial charge < -0.3 is 4.74 Å². The number of hydrogen-bond donors (Lipinski definition) is 0. The van der Waals surface area contributed by atoms with Gasteiger partial charge >= 0.3 is 5.97 Å². The second kappa shape index (κ2) is 5.27. The van der Waals surface area contributed by atoms with E-state index < -0.39 is 0 Å². The van der Waals surface area contributed by atoms with E-state index >= 15 is 0 Å². The Morgan fingerprint density at radius 2 is 1.63 bits per heavy atom. The number of benzene rings is 2. The molecule has 1 aliphatic heterocycles. The minimum absolute atomic E-state index is 0.0433. The predicted octanol–water partition coefficient (Wildman–Crippen LogP) is 3.66. The van der Waals surface area contributed by atoms with Crippen molar-refractivity contribution in [1.29, 1.82) is 0 Å². The van der Waals surface area contributed by atoms with Crippen LogP contribution in [-0.4, -0.2) is 5.97 Å². The average molecular weight is 252 g/mol. The summed E-state index contributed by atoms with van der Waals surface area (Å²) in [6.07, 6.45) is 2.23. The Bertz CT molecular complexity index is 558. The van der Waals surface area contributed by atoms with Crippen LogP contribution in [0.25, 0.3) is 0 Å². The van der Waals surface area contributed by atoms with Crippen LogP contribution in [0.3, 0.4) is 0 Å². The molecule has 0 aliphatic carbocycles. The topological polar surface area (TPSA) is 26.3 Å². The number of cyclic esters (lactones) is 1. The summed E-state index contributed by atoms with van der Waals surface area (Å²) in [6, 6.07) is 18.8. The largest absolute Gasteiger partial charge is 0.457 e. The molecule has 1 atom stereocenters. The van der Waals surface area contributed by atoms with Crippen molar-refractivity contribution < 1.29 is 9.53 Å². The number of esters is 1. The van der Waals surface area contributed by atoms with E-state index in [1.54, 1.807) is 0 Å². The van der Waals surface area contributed by atoms with Gasteiger partial charge in [0.2, 0.25) is 0 Å². The highest BCUT2D eigenvalue weighted by molar-refractivity contribution is 5.71. The lowest BCUT2D eigenvalue weighted by Gasteiger charge is -2.10. The van der Waals surface area contributed by atoms with Crippen molar-refractivity contribution in [1.82, 2.24) is 0 Å². The molecular formula is C17H16O2. The van der Waals surface area contributed by atoms with Crippen molar-refractivity contribution in [3.63, 3.8) is 0 Å². The number of ether oxygens (including phenoxy) is 1. The maximum absolute atomic E-state index is 11.1. The summed E-state index contributed by atoms with van der Waals surface area (Å²) in [5.74, 6) is -0.0848. The van der Waals surface area contributed by atoms with Gasteiger partial charge in [0.15, 0.2) is 0 Å². The second-order valence-corrected chi connectivity index (χ2v) is 4.92. The van der Waals surface area contributed by atoms with Gasteiger partial charge in [0, 0.05) is 6.42 Å². The number of hydrogen-bond acceptors (Lipinski definition) is 2. The van der Waals surface area contributed by atoms with Crippen LogP contribution in [0.4, 0.5) is 0 Å². The van der Waals surface area contributed by atoms with E-state index in [1.165, 1.54) is 11.1 Å². The minimum atomic E-state index is -0.0848. The van der Waals surface area contributed by atoms with Gasteiger partial charge in [-0.05, 0) is 29.5 Å². The molecule has 2 aromatic carbocycles. The molecule has 2 aromatic rings. The molecule has 3 rings (SSSR count). The highest BCUT2D eigenvalue weighted by atomic mass is 16.5. The van der Waals surface area contributed by atoms with Crippen LogP contribution in [0.5, 0.6) is 0 Å². The first kappa shape index (κ1) is 12.0. The number of carbonyl (C=O) groups excluding carboxylic acids is 1. The Morgan fingerprint density at radius 1 is 0.947 bits per heavy atom. The highest BCUT2D eigenvalue weighted by Crippen LogP contribution is 2.29. The van der Waals surface area contributed by atoms with Gasteiger partial charge in [-0.25, -0.2) is 0 Å². The normalized spacial score (nSPS) is 18.3. The van der Waals surface area contributed by atoms with Gasteiger partial charge in [-0.1, -0.05) is 54.6 Å². The van der Waals surface area contributed by atoms with Gasteiger partial charge in [-0.15, -0.1) is 0 Å². The predicted molar refractivity (Wildman–Crippen MR) is 73.8 cm³/mol. The smallest absolute Gasteiger partial charge is 0.306 e. The summed E-state index contributed by atoms with van der Waals surface area (Å²) in [6.45, 7) is 0. The van der Waals surface area contributed by atoms with Crippen molar-refractivity contribution in [2.45, 2.75) is 25.4 Å². The first-order valence-electron chi connectivity index (χ1n) is 6.63. The molecule has 0 bridgehead atoms. The molecule has 0 spiro atoms. The molecule has 0 saturated carbocycles. The second-order valence-electron chi connectivity index (χ2n) is 4.92. The van der Waals surface area contributed by atoms with Gasteiger partial charge in [0.05, 0.1) is 0 Å². The van der Waals surface area contributed by atoms with Gasteiger partial charge in [-0.2, -0.15) is 0 Å². The van der Waals surface area contributed by atoms with Crippen LogP contribution in [-0.2, 0) is 16.0 Å². The van der Waals surface area contributed by atoms with E-state index in [1.807, 2.05) is 6.07 Å². The monoisotopic (exact) mass is 252 g/mol. The molecule has 2 nitrogen and oxygen atoms in total. The zero-order chi connectivity index (χ0) is 13.1. The lowest BCUT2D eigenvalue weighted by Crippen LogP contribution is -1.98. The van der Waals surface area contributed by atoms with Crippen molar-refractivity contribution in [2.24, 2.45) is 0 Å². The van der Waals surface area contributed by atoms with Crippen molar-refractivity contribution in [3.8, 4) is 0 Å². The lowest BCUT2D eigenvalue weighted by atomic mass is 10.0. The summed E-state index contributed by atoms with van der Waals surface area (Å²) in [5, 5.41) is 0. The zero-order valence-electron chi connectivity index (χ0n) is 10.7. The van der Waals surface area contributed by atoms with E-state index in [9.17, 15) is 4.79 Å². The molecule has 0 aromatic heterocycles. The minimum Gasteiger partial charge on any atom is -0.457 e. The standard InChI is InChI=1S/C17H16O2/c18-17-11-10-16(19-17)15-8-6-14(7-9-15)12-13-4-2-1-3-5-13/h1-9,16H,10-12H2. The zero-order valence-corrected chi connectivity index (χ0v) is 10.7. The molecule has 0 amide bonds. The van der Waals surface area contributed by atoms with Crippen molar-refractivity contribution >= 4 is 5.97 Å². The Labute approximate surface area is 113 Å². The number of carbonyl (C=O) groups is 1. The van der Waals surface area contributed by atoms with Crippen LogP contribution >= 0.6 is 0 Å². The molecule has 1 saturated heterocycles. The fraction of sp³-hybridized carbons (Fsp3) is 0.235. The maximum Gasteiger partial charge on any atom is 0.306 e. The Kier molecular flexibility index (Phi) is 3.32. The van der Waals surface area contributed by atoms with E-state index in [2.05, 4.69) is 48.5 Å². The summed E-state index contributed by atoms with van der Waals surface area (Å²) >= 11 is 0. The SMILES string of the molecule is O=C1CCC(c2ccc(Cc3ccccc3)cc2)O1. The quantitative estimate of drug-likeness (QED) is 0.779. The first-order valence-corrected chi connectivity index (χ1v) is 6.63.